The molecule has 5 heteroatoms. The predicted molar refractivity (Wildman–Crippen MR) is 83.8 cm³/mol. The van der Waals surface area contributed by atoms with Crippen molar-refractivity contribution in [2.75, 3.05) is 5.73 Å². The van der Waals surface area contributed by atoms with Gasteiger partial charge in [0, 0.05) is 5.56 Å². The van der Waals surface area contributed by atoms with E-state index in [1.54, 1.807) is 18.2 Å². The maximum atomic E-state index is 13.3. The van der Waals surface area contributed by atoms with Gasteiger partial charge in [-0.1, -0.05) is 42.5 Å². The quantitative estimate of drug-likeness (QED) is 0.808. The lowest BCUT2D eigenvalue weighted by Gasteiger charge is -2.09. The highest BCUT2D eigenvalue weighted by atomic mass is 19.1. The number of nitrogens with zero attached hydrogens (tertiary/aromatic N) is 2. The zero-order valence-electron chi connectivity index (χ0n) is 11.7. The van der Waals surface area contributed by atoms with E-state index in [2.05, 4.69) is 5.10 Å². The van der Waals surface area contributed by atoms with Crippen LogP contribution >= 0.6 is 0 Å². The standard InChI is InChI=1S/C17H14FN3O/c18-14-8-4-5-12(9-14)11-21-17(22)15(19)10-16(20-21)13-6-2-1-3-7-13/h1-10H,11,19H2. The second-order valence-corrected chi connectivity index (χ2v) is 4.94. The second kappa shape index (κ2) is 5.81. The molecule has 1 aromatic heterocycles. The first-order valence-corrected chi connectivity index (χ1v) is 6.81. The average molecular weight is 295 g/mol. The van der Waals surface area contributed by atoms with Gasteiger partial charge in [0.2, 0.25) is 0 Å². The Balaban J connectivity index is 2.04. The Labute approximate surface area is 126 Å². The van der Waals surface area contributed by atoms with Crippen molar-refractivity contribution in [3.63, 3.8) is 0 Å². The van der Waals surface area contributed by atoms with Crippen LogP contribution in [0.25, 0.3) is 11.3 Å². The Hall–Kier alpha value is -2.95. The molecule has 0 bridgehead atoms. The number of benzene rings is 2. The van der Waals surface area contributed by atoms with Crippen LogP contribution in [0.1, 0.15) is 5.56 Å². The minimum Gasteiger partial charge on any atom is -0.394 e. The molecule has 0 aliphatic rings. The van der Waals surface area contributed by atoms with Gasteiger partial charge >= 0.3 is 0 Å². The van der Waals surface area contributed by atoms with Gasteiger partial charge in [-0.15, -0.1) is 0 Å². The maximum Gasteiger partial charge on any atom is 0.290 e. The molecule has 1 heterocycles. The molecule has 0 atom stereocenters. The van der Waals surface area contributed by atoms with E-state index in [0.29, 0.717) is 11.3 Å². The van der Waals surface area contributed by atoms with Crippen LogP contribution < -0.4 is 11.3 Å². The number of halogens is 1. The van der Waals surface area contributed by atoms with Gasteiger partial charge in [-0.2, -0.15) is 5.10 Å². The van der Waals surface area contributed by atoms with Crippen molar-refractivity contribution in [3.05, 3.63) is 82.4 Å². The molecule has 0 radical (unpaired) electrons. The van der Waals surface area contributed by atoms with Gasteiger partial charge < -0.3 is 5.73 Å². The number of nitrogens with two attached hydrogens (primary N) is 1. The smallest absolute Gasteiger partial charge is 0.290 e. The summed E-state index contributed by atoms with van der Waals surface area (Å²) in [4.78, 5) is 12.1. The molecule has 0 aliphatic heterocycles. The van der Waals surface area contributed by atoms with Crippen LogP contribution in [0.4, 0.5) is 10.1 Å². The molecule has 110 valence electrons. The number of hydrogen-bond donors (Lipinski definition) is 1. The molecule has 0 amide bonds. The Morgan fingerprint density at radius 3 is 2.55 bits per heavy atom. The van der Waals surface area contributed by atoms with E-state index >= 15 is 0 Å². The van der Waals surface area contributed by atoms with Crippen LogP contribution in [0.2, 0.25) is 0 Å². The Morgan fingerprint density at radius 1 is 1.05 bits per heavy atom. The molecule has 0 fully saturated rings. The van der Waals surface area contributed by atoms with Crippen molar-refractivity contribution in [2.24, 2.45) is 0 Å². The summed E-state index contributed by atoms with van der Waals surface area (Å²) in [6.07, 6.45) is 0. The fourth-order valence-electron chi connectivity index (χ4n) is 2.23. The van der Waals surface area contributed by atoms with Crippen LogP contribution in [0.15, 0.2) is 65.5 Å². The fourth-order valence-corrected chi connectivity index (χ4v) is 2.23. The second-order valence-electron chi connectivity index (χ2n) is 4.94. The molecule has 0 aliphatic carbocycles. The summed E-state index contributed by atoms with van der Waals surface area (Å²) in [5.41, 5.74) is 7.65. The third kappa shape index (κ3) is 2.88. The molecule has 3 aromatic rings. The van der Waals surface area contributed by atoms with Crippen molar-refractivity contribution in [2.45, 2.75) is 6.54 Å². The monoisotopic (exact) mass is 295 g/mol. The van der Waals surface area contributed by atoms with Gasteiger partial charge in [0.25, 0.3) is 5.56 Å². The van der Waals surface area contributed by atoms with Crippen molar-refractivity contribution >= 4 is 5.69 Å². The SMILES string of the molecule is Nc1cc(-c2ccccc2)nn(Cc2cccc(F)c2)c1=O. The highest BCUT2D eigenvalue weighted by Gasteiger charge is 2.08. The summed E-state index contributed by atoms with van der Waals surface area (Å²) >= 11 is 0. The zero-order valence-corrected chi connectivity index (χ0v) is 11.7. The minimum absolute atomic E-state index is 0.116. The summed E-state index contributed by atoms with van der Waals surface area (Å²) in [6.45, 7) is 0.168. The predicted octanol–water partition coefficient (Wildman–Crippen LogP) is 2.68. The van der Waals surface area contributed by atoms with Gasteiger partial charge in [-0.3, -0.25) is 4.79 Å². The van der Waals surface area contributed by atoms with E-state index in [0.717, 1.165) is 5.56 Å². The minimum atomic E-state index is -0.385. The normalized spacial score (nSPS) is 10.6. The number of rotatable bonds is 3. The molecule has 0 spiro atoms. The number of anilines is 1. The number of hydrogen-bond acceptors (Lipinski definition) is 3. The van der Waals surface area contributed by atoms with Gasteiger partial charge in [-0.25, -0.2) is 9.07 Å². The third-order valence-electron chi connectivity index (χ3n) is 3.29. The fraction of sp³-hybridized carbons (Fsp3) is 0.0588. The lowest BCUT2D eigenvalue weighted by Crippen LogP contribution is -2.26. The lowest BCUT2D eigenvalue weighted by atomic mass is 10.1. The van der Waals surface area contributed by atoms with E-state index in [9.17, 15) is 9.18 Å². The Kier molecular flexibility index (Phi) is 3.70. The van der Waals surface area contributed by atoms with Crippen LogP contribution in [-0.4, -0.2) is 9.78 Å². The lowest BCUT2D eigenvalue weighted by molar-refractivity contribution is 0.612. The molecule has 0 unspecified atom stereocenters. The first-order valence-electron chi connectivity index (χ1n) is 6.81. The van der Waals surface area contributed by atoms with E-state index in [-0.39, 0.29) is 23.6 Å². The largest absolute Gasteiger partial charge is 0.394 e. The van der Waals surface area contributed by atoms with Gasteiger partial charge in [-0.05, 0) is 23.8 Å². The maximum absolute atomic E-state index is 13.3. The van der Waals surface area contributed by atoms with Gasteiger partial charge in [0.15, 0.2) is 0 Å². The summed E-state index contributed by atoms with van der Waals surface area (Å²) in [5.74, 6) is -0.349. The highest BCUT2D eigenvalue weighted by molar-refractivity contribution is 5.61. The van der Waals surface area contributed by atoms with Crippen LogP contribution in [-0.2, 0) is 6.54 Å². The van der Waals surface area contributed by atoms with Crippen molar-refractivity contribution < 1.29 is 4.39 Å². The van der Waals surface area contributed by atoms with Crippen molar-refractivity contribution in [1.82, 2.24) is 9.78 Å². The van der Waals surface area contributed by atoms with E-state index in [1.165, 1.54) is 16.8 Å². The molecule has 2 aromatic carbocycles. The summed E-state index contributed by atoms with van der Waals surface area (Å²) in [6, 6.07) is 17.1. The van der Waals surface area contributed by atoms with Gasteiger partial charge in [0.1, 0.15) is 11.5 Å². The van der Waals surface area contributed by atoms with Crippen molar-refractivity contribution in [3.8, 4) is 11.3 Å². The summed E-state index contributed by atoms with van der Waals surface area (Å²) in [7, 11) is 0. The molecule has 0 saturated carbocycles. The van der Waals surface area contributed by atoms with Crippen molar-refractivity contribution in [1.29, 1.82) is 0 Å². The third-order valence-corrected chi connectivity index (χ3v) is 3.29. The molecule has 22 heavy (non-hydrogen) atoms. The Bertz CT molecular complexity index is 859. The molecule has 3 rings (SSSR count). The van der Waals surface area contributed by atoms with E-state index in [1.807, 2.05) is 30.3 Å². The summed E-state index contributed by atoms with van der Waals surface area (Å²) in [5, 5.41) is 4.33. The highest BCUT2D eigenvalue weighted by Crippen LogP contribution is 2.16. The molecule has 0 saturated heterocycles. The first kappa shape index (κ1) is 14.0. The van der Waals surface area contributed by atoms with Gasteiger partial charge in [0.05, 0.1) is 12.2 Å². The van der Waals surface area contributed by atoms with Crippen LogP contribution in [0, 0.1) is 5.82 Å². The number of aromatic nitrogens is 2. The summed E-state index contributed by atoms with van der Waals surface area (Å²) < 4.78 is 14.5. The van der Waals surface area contributed by atoms with Crippen LogP contribution in [0.5, 0.6) is 0 Å². The van der Waals surface area contributed by atoms with E-state index < -0.39 is 0 Å². The first-order chi connectivity index (χ1) is 10.6. The van der Waals surface area contributed by atoms with Crippen LogP contribution in [0.3, 0.4) is 0 Å². The average Bonchev–Trinajstić information content (AvgIpc) is 2.52. The topological polar surface area (TPSA) is 60.9 Å². The van der Waals surface area contributed by atoms with E-state index in [4.69, 9.17) is 5.73 Å². The Morgan fingerprint density at radius 2 is 1.82 bits per heavy atom. The molecular formula is C17H14FN3O. The molecule has 2 N–H and O–H groups in total. The number of nitrogen functional groups attached to an aromatic ring is 1. The zero-order chi connectivity index (χ0) is 15.5. The molecular weight excluding hydrogens is 281 g/mol. The molecule has 4 nitrogen and oxygen atoms in total.